The molecule has 2 heterocycles. The van der Waals surface area contributed by atoms with Crippen molar-refractivity contribution < 1.29 is 12.8 Å². The number of aromatic nitrogens is 4. The zero-order valence-corrected chi connectivity index (χ0v) is 17.6. The average molecular weight is 438 g/mol. The molecule has 4 rings (SSSR count). The molecular weight excluding hydrogens is 419 g/mol. The predicted molar refractivity (Wildman–Crippen MR) is 116 cm³/mol. The molecule has 8 nitrogen and oxygen atoms in total. The number of benzene rings is 2. The highest BCUT2D eigenvalue weighted by Crippen LogP contribution is 2.23. The summed E-state index contributed by atoms with van der Waals surface area (Å²) in [5.41, 5.74) is 1.43. The predicted octanol–water partition coefficient (Wildman–Crippen LogP) is 3.96. The van der Waals surface area contributed by atoms with Crippen molar-refractivity contribution in [1.82, 2.24) is 19.5 Å². The van der Waals surface area contributed by atoms with E-state index >= 15 is 0 Å². The van der Waals surface area contributed by atoms with Gasteiger partial charge in [-0.1, -0.05) is 0 Å². The van der Waals surface area contributed by atoms with Gasteiger partial charge in [-0.15, -0.1) is 0 Å². The summed E-state index contributed by atoms with van der Waals surface area (Å²) in [6.07, 6.45) is 5.10. The molecule has 0 bridgehead atoms. The van der Waals surface area contributed by atoms with Crippen LogP contribution in [0.2, 0.25) is 0 Å². The first-order valence-electron chi connectivity index (χ1n) is 9.30. The molecule has 2 aromatic carbocycles. The van der Waals surface area contributed by atoms with Gasteiger partial charge in [0, 0.05) is 29.8 Å². The number of aryl methyl sites for hydroxylation is 2. The van der Waals surface area contributed by atoms with Gasteiger partial charge in [-0.25, -0.2) is 27.8 Å². The van der Waals surface area contributed by atoms with Crippen molar-refractivity contribution in [2.24, 2.45) is 0 Å². The van der Waals surface area contributed by atoms with E-state index in [4.69, 9.17) is 0 Å². The summed E-state index contributed by atoms with van der Waals surface area (Å²) in [5.74, 6) is 1.37. The summed E-state index contributed by atoms with van der Waals surface area (Å²) in [5, 5.41) is 3.18. The van der Waals surface area contributed by atoms with Crippen LogP contribution >= 0.6 is 0 Å². The second-order valence-corrected chi connectivity index (χ2v) is 8.50. The van der Waals surface area contributed by atoms with Crippen molar-refractivity contribution in [3.63, 3.8) is 0 Å². The maximum absolute atomic E-state index is 13.3. The SMILES string of the molecule is Cc1nc(Nc2ccc(NS(=O)(=O)c3ccc(F)cc3C)cc2)cc(-n2ccnc2)n1. The van der Waals surface area contributed by atoms with Crippen molar-refractivity contribution >= 4 is 27.2 Å². The van der Waals surface area contributed by atoms with Crippen LogP contribution in [0.25, 0.3) is 5.82 Å². The molecule has 0 amide bonds. The summed E-state index contributed by atoms with van der Waals surface area (Å²) in [7, 11) is -3.84. The summed E-state index contributed by atoms with van der Waals surface area (Å²) in [6, 6.07) is 12.0. The molecule has 0 atom stereocenters. The van der Waals surface area contributed by atoms with E-state index in [-0.39, 0.29) is 4.90 Å². The van der Waals surface area contributed by atoms with E-state index in [1.165, 1.54) is 12.1 Å². The second kappa shape index (κ2) is 8.15. The van der Waals surface area contributed by atoms with Crippen LogP contribution < -0.4 is 10.0 Å². The number of nitrogens with zero attached hydrogens (tertiary/aromatic N) is 4. The Bertz CT molecular complexity index is 1320. The number of anilines is 3. The lowest BCUT2D eigenvalue weighted by molar-refractivity contribution is 0.598. The minimum absolute atomic E-state index is 0.0274. The van der Waals surface area contributed by atoms with Crippen LogP contribution in [-0.2, 0) is 10.0 Å². The van der Waals surface area contributed by atoms with E-state index in [1.54, 1.807) is 67.5 Å². The summed E-state index contributed by atoms with van der Waals surface area (Å²) in [6.45, 7) is 3.34. The fourth-order valence-electron chi connectivity index (χ4n) is 3.04. The largest absolute Gasteiger partial charge is 0.340 e. The second-order valence-electron chi connectivity index (χ2n) is 6.85. The van der Waals surface area contributed by atoms with E-state index in [2.05, 4.69) is 25.0 Å². The molecule has 0 aliphatic carbocycles. The monoisotopic (exact) mass is 438 g/mol. The van der Waals surface area contributed by atoms with E-state index in [0.29, 0.717) is 28.7 Å². The van der Waals surface area contributed by atoms with E-state index in [0.717, 1.165) is 11.8 Å². The van der Waals surface area contributed by atoms with Crippen molar-refractivity contribution in [2.75, 3.05) is 10.0 Å². The lowest BCUT2D eigenvalue weighted by Crippen LogP contribution is -2.14. The van der Waals surface area contributed by atoms with Crippen molar-refractivity contribution in [3.05, 3.63) is 84.5 Å². The molecule has 0 aliphatic rings. The minimum Gasteiger partial charge on any atom is -0.340 e. The average Bonchev–Trinajstić information content (AvgIpc) is 3.23. The molecule has 0 aliphatic heterocycles. The third-order valence-corrected chi connectivity index (χ3v) is 5.97. The van der Waals surface area contributed by atoms with Crippen molar-refractivity contribution in [1.29, 1.82) is 0 Å². The molecule has 0 unspecified atom stereocenters. The van der Waals surface area contributed by atoms with Crippen LogP contribution in [0, 0.1) is 19.7 Å². The van der Waals surface area contributed by atoms with Gasteiger partial charge in [-0.05, 0) is 61.9 Å². The lowest BCUT2D eigenvalue weighted by atomic mass is 10.2. The molecule has 0 spiro atoms. The highest BCUT2D eigenvalue weighted by molar-refractivity contribution is 7.92. The summed E-state index contributed by atoms with van der Waals surface area (Å²) < 4.78 is 42.8. The Kier molecular flexibility index (Phi) is 5.38. The van der Waals surface area contributed by atoms with Crippen LogP contribution in [0.1, 0.15) is 11.4 Å². The van der Waals surface area contributed by atoms with Gasteiger partial charge in [0.15, 0.2) is 0 Å². The van der Waals surface area contributed by atoms with Crippen LogP contribution in [0.4, 0.5) is 21.6 Å². The Balaban J connectivity index is 1.51. The Labute approximate surface area is 178 Å². The quantitative estimate of drug-likeness (QED) is 0.472. The molecule has 0 saturated heterocycles. The number of nitrogens with one attached hydrogen (secondary N) is 2. The summed E-state index contributed by atoms with van der Waals surface area (Å²) in [4.78, 5) is 12.8. The minimum atomic E-state index is -3.84. The molecule has 0 saturated carbocycles. The normalized spacial score (nSPS) is 11.3. The third kappa shape index (κ3) is 4.69. The first kappa shape index (κ1) is 20.5. The highest BCUT2D eigenvalue weighted by atomic mass is 32.2. The topological polar surface area (TPSA) is 102 Å². The molecular formula is C21H19FN6O2S. The molecule has 0 fully saturated rings. The number of rotatable bonds is 6. The smallest absolute Gasteiger partial charge is 0.262 e. The molecule has 31 heavy (non-hydrogen) atoms. The Hall–Kier alpha value is -3.79. The number of halogens is 1. The fraction of sp³-hybridized carbons (Fsp3) is 0.0952. The van der Waals surface area contributed by atoms with Gasteiger partial charge < -0.3 is 5.32 Å². The van der Waals surface area contributed by atoms with Crippen LogP contribution in [-0.4, -0.2) is 27.9 Å². The number of hydrogen-bond acceptors (Lipinski definition) is 6. The Morgan fingerprint density at radius 3 is 2.39 bits per heavy atom. The van der Waals surface area contributed by atoms with Crippen molar-refractivity contribution in [3.8, 4) is 5.82 Å². The van der Waals surface area contributed by atoms with Gasteiger partial charge in [-0.3, -0.25) is 9.29 Å². The number of hydrogen-bond donors (Lipinski definition) is 2. The number of sulfonamides is 1. The Morgan fingerprint density at radius 1 is 0.968 bits per heavy atom. The van der Waals surface area contributed by atoms with E-state index in [9.17, 15) is 12.8 Å². The van der Waals surface area contributed by atoms with Gasteiger partial charge in [-0.2, -0.15) is 0 Å². The maximum atomic E-state index is 13.3. The fourth-order valence-corrected chi connectivity index (χ4v) is 4.32. The standard InChI is InChI=1S/C21H19FN6O2S/c1-14-11-16(22)3-8-19(14)31(29,30)27-18-6-4-17(5-7-18)26-20-12-21(25-15(2)24-20)28-10-9-23-13-28/h3-13,27H,1-2H3,(H,24,25,26). The molecule has 2 aromatic heterocycles. The zero-order chi connectivity index (χ0) is 22.0. The molecule has 10 heteroatoms. The van der Waals surface area contributed by atoms with Gasteiger partial charge in [0.05, 0.1) is 4.90 Å². The van der Waals surface area contributed by atoms with Crippen LogP contribution in [0.15, 0.2) is 72.1 Å². The maximum Gasteiger partial charge on any atom is 0.262 e. The first-order valence-corrected chi connectivity index (χ1v) is 10.8. The third-order valence-electron chi connectivity index (χ3n) is 4.43. The summed E-state index contributed by atoms with van der Waals surface area (Å²) >= 11 is 0. The lowest BCUT2D eigenvalue weighted by Gasteiger charge is -2.12. The first-order chi connectivity index (χ1) is 14.8. The van der Waals surface area contributed by atoms with Gasteiger partial charge in [0.25, 0.3) is 10.0 Å². The van der Waals surface area contributed by atoms with Crippen LogP contribution in [0.5, 0.6) is 0 Å². The molecule has 0 radical (unpaired) electrons. The van der Waals surface area contributed by atoms with Gasteiger partial charge in [0.2, 0.25) is 0 Å². The highest BCUT2D eigenvalue weighted by Gasteiger charge is 2.17. The zero-order valence-electron chi connectivity index (χ0n) is 16.7. The molecule has 2 N–H and O–H groups in total. The van der Waals surface area contributed by atoms with Crippen LogP contribution in [0.3, 0.4) is 0 Å². The van der Waals surface area contributed by atoms with E-state index < -0.39 is 15.8 Å². The number of imidazole rings is 1. The van der Waals surface area contributed by atoms with Crippen molar-refractivity contribution in [2.45, 2.75) is 18.7 Å². The van der Waals surface area contributed by atoms with E-state index in [1.807, 2.05) is 0 Å². The van der Waals surface area contributed by atoms with Gasteiger partial charge in [0.1, 0.15) is 29.6 Å². The molecule has 4 aromatic rings. The molecule has 158 valence electrons. The Morgan fingerprint density at radius 2 is 1.71 bits per heavy atom. The van der Waals surface area contributed by atoms with Gasteiger partial charge >= 0.3 is 0 Å².